The number of aromatic nitrogens is 2. The molecule has 1 aliphatic carbocycles. The molecule has 1 aliphatic rings. The minimum absolute atomic E-state index is 0.541. The largest absolute Gasteiger partial charge is 0.357 e. The summed E-state index contributed by atoms with van der Waals surface area (Å²) in [6.45, 7) is 0. The summed E-state index contributed by atoms with van der Waals surface area (Å²) >= 11 is 6.98. The molecule has 1 aromatic heterocycles. The van der Waals surface area contributed by atoms with Crippen molar-refractivity contribution in [2.24, 2.45) is 0 Å². The number of nitrogens with zero attached hydrogens (tertiary/aromatic N) is 2. The molecule has 144 valence electrons. The highest BCUT2D eigenvalue weighted by atomic mass is 32.1. The van der Waals surface area contributed by atoms with Crippen molar-refractivity contribution in [1.29, 1.82) is 0 Å². The lowest BCUT2D eigenvalue weighted by molar-refractivity contribution is 0.462. The van der Waals surface area contributed by atoms with Gasteiger partial charge in [0.25, 0.3) is 0 Å². The predicted octanol–water partition coefficient (Wildman–Crippen LogP) is 5.76. The maximum atomic E-state index is 5.37. The minimum atomic E-state index is 0.541. The van der Waals surface area contributed by atoms with Crippen LogP contribution in [0.15, 0.2) is 54.6 Å². The Balaban J connectivity index is 1.34. The molecule has 0 atom stereocenters. The molecule has 5 nitrogen and oxygen atoms in total. The Morgan fingerprint density at radius 3 is 2.25 bits per heavy atom. The summed E-state index contributed by atoms with van der Waals surface area (Å²) in [6, 6.07) is 18.5. The average molecular weight is 410 g/mol. The van der Waals surface area contributed by atoms with Gasteiger partial charge in [-0.25, -0.2) is 0 Å². The first-order valence-corrected chi connectivity index (χ1v) is 10.8. The van der Waals surface area contributed by atoms with Gasteiger partial charge >= 0.3 is 0 Å². The molecule has 0 amide bonds. The van der Waals surface area contributed by atoms with Gasteiger partial charge in [0, 0.05) is 23.0 Å². The average Bonchev–Trinajstić information content (AvgIpc) is 3.18. The van der Waals surface area contributed by atoms with Crippen molar-refractivity contribution in [3.63, 3.8) is 0 Å². The molecular formula is C21H23N5S2. The standard InChI is InChI=1S/C21H23N5S2/c27-20(22-16-7-3-1-4-8-16)23-18-13-11-15(12-14-18)19-25-26-21(28-19)24-17-9-5-2-6-10-17/h1,3-4,7-8,11-14,17H,2,5-6,9-10H2,(H,24,26)(H2,22,23,27). The Bertz CT molecular complexity index is 902. The Morgan fingerprint density at radius 1 is 0.857 bits per heavy atom. The summed E-state index contributed by atoms with van der Waals surface area (Å²) in [5.74, 6) is 0. The molecule has 7 heteroatoms. The Hall–Kier alpha value is -2.51. The van der Waals surface area contributed by atoms with Crippen LogP contribution in [0.1, 0.15) is 32.1 Å². The zero-order valence-electron chi connectivity index (χ0n) is 15.5. The van der Waals surface area contributed by atoms with Crippen LogP contribution in [-0.4, -0.2) is 21.4 Å². The summed E-state index contributed by atoms with van der Waals surface area (Å²) in [7, 11) is 0. The third kappa shape index (κ3) is 5.05. The first-order chi connectivity index (χ1) is 13.8. The van der Waals surface area contributed by atoms with Gasteiger partial charge in [0.2, 0.25) is 5.13 Å². The van der Waals surface area contributed by atoms with Crippen molar-refractivity contribution in [1.82, 2.24) is 10.2 Å². The van der Waals surface area contributed by atoms with Crippen LogP contribution in [0.3, 0.4) is 0 Å². The molecule has 0 radical (unpaired) electrons. The number of rotatable bonds is 5. The Kier molecular flexibility index (Phi) is 6.14. The molecule has 3 N–H and O–H groups in total. The lowest BCUT2D eigenvalue weighted by Gasteiger charge is -2.21. The second-order valence-corrected chi connectivity index (χ2v) is 8.30. The molecule has 1 heterocycles. The molecule has 0 saturated heterocycles. The lowest BCUT2D eigenvalue weighted by Crippen LogP contribution is -2.21. The van der Waals surface area contributed by atoms with Gasteiger partial charge < -0.3 is 16.0 Å². The fourth-order valence-electron chi connectivity index (χ4n) is 3.33. The van der Waals surface area contributed by atoms with E-state index in [1.54, 1.807) is 11.3 Å². The van der Waals surface area contributed by atoms with Crippen molar-refractivity contribution < 1.29 is 0 Å². The first kappa shape index (κ1) is 18.8. The van der Waals surface area contributed by atoms with Crippen LogP contribution in [0, 0.1) is 0 Å². The van der Waals surface area contributed by atoms with Crippen LogP contribution < -0.4 is 16.0 Å². The smallest absolute Gasteiger partial charge is 0.206 e. The molecule has 28 heavy (non-hydrogen) atoms. The minimum Gasteiger partial charge on any atom is -0.357 e. The van der Waals surface area contributed by atoms with Crippen LogP contribution in [-0.2, 0) is 0 Å². The van der Waals surface area contributed by atoms with Gasteiger partial charge in [-0.05, 0) is 61.5 Å². The lowest BCUT2D eigenvalue weighted by atomic mass is 9.96. The number of benzene rings is 2. The van der Waals surface area contributed by atoms with Gasteiger partial charge in [-0.1, -0.05) is 48.8 Å². The molecule has 1 fully saturated rings. The second-order valence-electron chi connectivity index (χ2n) is 6.91. The zero-order valence-corrected chi connectivity index (χ0v) is 17.2. The molecule has 0 aliphatic heterocycles. The van der Waals surface area contributed by atoms with Crippen LogP contribution in [0.5, 0.6) is 0 Å². The monoisotopic (exact) mass is 409 g/mol. The van der Waals surface area contributed by atoms with Gasteiger partial charge in [0.05, 0.1) is 0 Å². The number of hydrogen-bond acceptors (Lipinski definition) is 5. The van der Waals surface area contributed by atoms with Crippen LogP contribution in [0.25, 0.3) is 10.6 Å². The highest BCUT2D eigenvalue weighted by Crippen LogP contribution is 2.29. The van der Waals surface area contributed by atoms with E-state index in [1.165, 1.54) is 32.1 Å². The van der Waals surface area contributed by atoms with Gasteiger partial charge in [0.15, 0.2) is 5.11 Å². The molecule has 3 aromatic rings. The number of hydrogen-bond donors (Lipinski definition) is 3. The van der Waals surface area contributed by atoms with Crippen molar-refractivity contribution in [3.8, 4) is 10.6 Å². The van der Waals surface area contributed by atoms with Crippen LogP contribution in [0.4, 0.5) is 16.5 Å². The van der Waals surface area contributed by atoms with E-state index in [2.05, 4.69) is 26.1 Å². The van der Waals surface area contributed by atoms with Gasteiger partial charge in [-0.3, -0.25) is 0 Å². The van der Waals surface area contributed by atoms with E-state index in [9.17, 15) is 0 Å². The number of para-hydroxylation sites is 1. The summed E-state index contributed by atoms with van der Waals surface area (Å²) in [6.07, 6.45) is 6.42. The number of thiocarbonyl (C=S) groups is 1. The van der Waals surface area contributed by atoms with Crippen molar-refractivity contribution >= 4 is 45.2 Å². The second kappa shape index (κ2) is 9.12. The van der Waals surface area contributed by atoms with E-state index in [1.807, 2.05) is 54.6 Å². The molecule has 1 saturated carbocycles. The van der Waals surface area contributed by atoms with Crippen molar-refractivity contribution in [2.45, 2.75) is 38.1 Å². The summed E-state index contributed by atoms with van der Waals surface area (Å²) in [5.41, 5.74) is 2.95. The normalized spacial score (nSPS) is 14.4. The zero-order chi connectivity index (χ0) is 19.2. The Labute approximate surface area is 174 Å². The molecule has 4 rings (SSSR count). The van der Waals surface area contributed by atoms with Gasteiger partial charge in [-0.15, -0.1) is 10.2 Å². The van der Waals surface area contributed by atoms with Gasteiger partial charge in [-0.2, -0.15) is 0 Å². The van der Waals surface area contributed by atoms with E-state index in [-0.39, 0.29) is 0 Å². The van der Waals surface area contributed by atoms with E-state index in [0.717, 1.165) is 27.1 Å². The van der Waals surface area contributed by atoms with E-state index < -0.39 is 0 Å². The molecule has 0 unspecified atom stereocenters. The third-order valence-electron chi connectivity index (χ3n) is 4.78. The van der Waals surface area contributed by atoms with Crippen LogP contribution >= 0.6 is 23.6 Å². The maximum absolute atomic E-state index is 5.37. The van der Waals surface area contributed by atoms with Crippen molar-refractivity contribution in [3.05, 3.63) is 54.6 Å². The topological polar surface area (TPSA) is 61.9 Å². The third-order valence-corrected chi connectivity index (χ3v) is 5.89. The van der Waals surface area contributed by atoms with E-state index in [0.29, 0.717) is 11.2 Å². The SMILES string of the molecule is S=C(Nc1ccccc1)Nc1ccc(-c2nnc(NC3CCCCC3)s2)cc1. The fourth-order valence-corrected chi connectivity index (χ4v) is 4.39. The highest BCUT2D eigenvalue weighted by Gasteiger charge is 2.15. The molecule has 2 aromatic carbocycles. The number of anilines is 3. The summed E-state index contributed by atoms with van der Waals surface area (Å²) in [4.78, 5) is 0. The van der Waals surface area contributed by atoms with E-state index >= 15 is 0 Å². The Morgan fingerprint density at radius 2 is 1.54 bits per heavy atom. The van der Waals surface area contributed by atoms with Gasteiger partial charge in [0.1, 0.15) is 5.01 Å². The number of nitrogens with one attached hydrogen (secondary N) is 3. The maximum Gasteiger partial charge on any atom is 0.206 e. The molecule has 0 spiro atoms. The highest BCUT2D eigenvalue weighted by molar-refractivity contribution is 7.80. The van der Waals surface area contributed by atoms with Crippen molar-refractivity contribution in [2.75, 3.05) is 16.0 Å². The molecule has 0 bridgehead atoms. The summed E-state index contributed by atoms with van der Waals surface area (Å²) < 4.78 is 0. The first-order valence-electron chi connectivity index (χ1n) is 9.60. The van der Waals surface area contributed by atoms with E-state index in [4.69, 9.17) is 12.2 Å². The fraction of sp³-hybridized carbons (Fsp3) is 0.286. The summed E-state index contributed by atoms with van der Waals surface area (Å²) in [5, 5.41) is 21.0. The quantitative estimate of drug-likeness (QED) is 0.466. The molecular weight excluding hydrogens is 386 g/mol. The predicted molar refractivity (Wildman–Crippen MR) is 122 cm³/mol. The van der Waals surface area contributed by atoms with Crippen LogP contribution in [0.2, 0.25) is 0 Å².